The summed E-state index contributed by atoms with van der Waals surface area (Å²) in [5, 5.41) is 8.51. The summed E-state index contributed by atoms with van der Waals surface area (Å²) in [6.45, 7) is 6.03. The van der Waals surface area contributed by atoms with E-state index in [-0.39, 0.29) is 12.4 Å². The molecule has 0 aliphatic rings. The first-order chi connectivity index (χ1) is 10.4. The minimum absolute atomic E-state index is 0.236. The number of hydrogen-bond acceptors (Lipinski definition) is 5. The summed E-state index contributed by atoms with van der Waals surface area (Å²) in [4.78, 5) is 22.1. The molecule has 0 saturated heterocycles. The lowest BCUT2D eigenvalue weighted by molar-refractivity contribution is -0.349. The van der Waals surface area contributed by atoms with Crippen molar-refractivity contribution in [2.75, 3.05) is 13.2 Å². The average molecular weight is 318 g/mol. The standard InChI is InChI=1S/C16H30O6/c1-4-20-16(3,21-5-2)22-15(19)13-11-9-7-6-8-10-12-14(17)18/h4-13H2,1-3H3,(H,17,18). The summed E-state index contributed by atoms with van der Waals surface area (Å²) < 4.78 is 15.9. The molecule has 130 valence electrons. The number of esters is 1. The van der Waals surface area contributed by atoms with Crippen LogP contribution in [-0.4, -0.2) is 36.2 Å². The van der Waals surface area contributed by atoms with Gasteiger partial charge in [0.2, 0.25) is 0 Å². The molecule has 6 heteroatoms. The summed E-state index contributed by atoms with van der Waals surface area (Å²) in [7, 11) is 0. The largest absolute Gasteiger partial charge is 0.481 e. The minimum atomic E-state index is -1.29. The molecule has 0 radical (unpaired) electrons. The van der Waals surface area contributed by atoms with E-state index in [0.717, 1.165) is 38.5 Å². The van der Waals surface area contributed by atoms with Crippen LogP contribution in [0.5, 0.6) is 0 Å². The highest BCUT2D eigenvalue weighted by Crippen LogP contribution is 2.17. The van der Waals surface area contributed by atoms with Gasteiger partial charge in [-0.1, -0.05) is 25.7 Å². The van der Waals surface area contributed by atoms with Crippen LogP contribution in [-0.2, 0) is 23.8 Å². The molecule has 0 saturated carbocycles. The van der Waals surface area contributed by atoms with Crippen molar-refractivity contribution in [1.82, 2.24) is 0 Å². The second-order valence-corrected chi connectivity index (χ2v) is 5.22. The van der Waals surface area contributed by atoms with Crippen LogP contribution in [0.3, 0.4) is 0 Å². The Labute approximate surface area is 133 Å². The SMILES string of the molecule is CCOC(C)(OCC)OC(=O)CCCCCCCCC(=O)O. The van der Waals surface area contributed by atoms with E-state index in [9.17, 15) is 9.59 Å². The Morgan fingerprint density at radius 1 is 0.864 bits per heavy atom. The van der Waals surface area contributed by atoms with E-state index < -0.39 is 11.9 Å². The van der Waals surface area contributed by atoms with Crippen LogP contribution < -0.4 is 0 Å². The first-order valence-corrected chi connectivity index (χ1v) is 8.15. The summed E-state index contributed by atoms with van der Waals surface area (Å²) in [6.07, 6.45) is 5.90. The van der Waals surface area contributed by atoms with Crippen molar-refractivity contribution in [3.8, 4) is 0 Å². The van der Waals surface area contributed by atoms with Crippen molar-refractivity contribution in [2.45, 2.75) is 78.1 Å². The Kier molecular flexibility index (Phi) is 11.8. The van der Waals surface area contributed by atoms with Gasteiger partial charge in [0.05, 0.1) is 13.2 Å². The van der Waals surface area contributed by atoms with Gasteiger partial charge in [0.25, 0.3) is 0 Å². The fraction of sp³-hybridized carbons (Fsp3) is 0.875. The molecule has 0 bridgehead atoms. The fourth-order valence-corrected chi connectivity index (χ4v) is 2.14. The highest BCUT2D eigenvalue weighted by molar-refractivity contribution is 5.69. The molecule has 0 amide bonds. The molecule has 1 N–H and O–H groups in total. The number of unbranched alkanes of at least 4 members (excludes halogenated alkanes) is 5. The number of ether oxygens (including phenoxy) is 3. The Bertz CT molecular complexity index is 310. The smallest absolute Gasteiger partial charge is 0.326 e. The van der Waals surface area contributed by atoms with Gasteiger partial charge in [0, 0.05) is 19.8 Å². The average Bonchev–Trinajstić information content (AvgIpc) is 2.41. The van der Waals surface area contributed by atoms with E-state index >= 15 is 0 Å². The van der Waals surface area contributed by atoms with E-state index in [1.54, 1.807) is 6.92 Å². The van der Waals surface area contributed by atoms with E-state index in [1.807, 2.05) is 13.8 Å². The first-order valence-electron chi connectivity index (χ1n) is 8.15. The molecule has 0 aromatic rings. The molecule has 0 atom stereocenters. The van der Waals surface area contributed by atoms with Crippen LogP contribution in [0.15, 0.2) is 0 Å². The van der Waals surface area contributed by atoms with Crippen molar-refractivity contribution >= 4 is 11.9 Å². The number of carbonyl (C=O) groups is 2. The lowest BCUT2D eigenvalue weighted by Gasteiger charge is -2.28. The van der Waals surface area contributed by atoms with Crippen molar-refractivity contribution in [3.05, 3.63) is 0 Å². The summed E-state index contributed by atoms with van der Waals surface area (Å²) in [5.41, 5.74) is 0. The van der Waals surface area contributed by atoms with Crippen molar-refractivity contribution < 1.29 is 28.9 Å². The summed E-state index contributed by atoms with van der Waals surface area (Å²) in [6, 6.07) is 0. The van der Waals surface area contributed by atoms with Gasteiger partial charge >= 0.3 is 17.9 Å². The van der Waals surface area contributed by atoms with Gasteiger partial charge in [-0.2, -0.15) is 0 Å². The maximum Gasteiger partial charge on any atom is 0.326 e. The van der Waals surface area contributed by atoms with Crippen molar-refractivity contribution in [2.24, 2.45) is 0 Å². The highest BCUT2D eigenvalue weighted by atomic mass is 16.9. The van der Waals surface area contributed by atoms with Crippen molar-refractivity contribution in [1.29, 1.82) is 0 Å². The van der Waals surface area contributed by atoms with E-state index in [0.29, 0.717) is 19.6 Å². The lowest BCUT2D eigenvalue weighted by atomic mass is 10.1. The zero-order valence-corrected chi connectivity index (χ0v) is 14.1. The van der Waals surface area contributed by atoms with Crippen LogP contribution in [0.1, 0.15) is 72.1 Å². The maximum absolute atomic E-state index is 11.8. The number of carboxylic acid groups (broad SMARTS) is 1. The topological polar surface area (TPSA) is 82.1 Å². The molecule has 0 rings (SSSR count). The molecule has 6 nitrogen and oxygen atoms in total. The number of carbonyl (C=O) groups excluding carboxylic acids is 1. The van der Waals surface area contributed by atoms with Gasteiger partial charge in [0.15, 0.2) is 0 Å². The monoisotopic (exact) mass is 318 g/mol. The van der Waals surface area contributed by atoms with E-state index in [4.69, 9.17) is 19.3 Å². The molecular formula is C16H30O6. The predicted molar refractivity (Wildman–Crippen MR) is 82.3 cm³/mol. The molecule has 0 aliphatic carbocycles. The Morgan fingerprint density at radius 2 is 1.32 bits per heavy atom. The summed E-state index contributed by atoms with van der Waals surface area (Å²) >= 11 is 0. The van der Waals surface area contributed by atoms with Gasteiger partial charge in [-0.15, -0.1) is 0 Å². The summed E-state index contributed by atoms with van der Waals surface area (Å²) in [5.74, 6) is -2.36. The number of aliphatic carboxylic acids is 1. The van der Waals surface area contributed by atoms with Crippen LogP contribution >= 0.6 is 0 Å². The van der Waals surface area contributed by atoms with Gasteiger partial charge in [-0.25, -0.2) is 0 Å². The Morgan fingerprint density at radius 3 is 1.77 bits per heavy atom. The lowest BCUT2D eigenvalue weighted by Crippen LogP contribution is -2.38. The van der Waals surface area contributed by atoms with Gasteiger partial charge in [-0.3, -0.25) is 9.59 Å². The second-order valence-electron chi connectivity index (χ2n) is 5.22. The fourth-order valence-electron chi connectivity index (χ4n) is 2.14. The molecular weight excluding hydrogens is 288 g/mol. The van der Waals surface area contributed by atoms with Gasteiger partial charge in [-0.05, 0) is 26.7 Å². The normalized spacial score (nSPS) is 11.4. The molecule has 0 heterocycles. The zero-order chi connectivity index (χ0) is 16.8. The van der Waals surface area contributed by atoms with Crippen LogP contribution in [0.25, 0.3) is 0 Å². The molecule has 0 unspecified atom stereocenters. The number of hydrogen-bond donors (Lipinski definition) is 1. The van der Waals surface area contributed by atoms with Crippen LogP contribution in [0, 0.1) is 0 Å². The molecule has 0 aromatic carbocycles. The third-order valence-corrected chi connectivity index (χ3v) is 3.13. The predicted octanol–water partition coefficient (Wildman–Crippen LogP) is 3.48. The molecule has 0 aromatic heterocycles. The number of rotatable bonds is 14. The van der Waals surface area contributed by atoms with Crippen LogP contribution in [0.2, 0.25) is 0 Å². The third-order valence-electron chi connectivity index (χ3n) is 3.13. The molecule has 0 spiro atoms. The Balaban J connectivity index is 3.69. The van der Waals surface area contributed by atoms with Crippen molar-refractivity contribution in [3.63, 3.8) is 0 Å². The van der Waals surface area contributed by atoms with Gasteiger partial charge in [0.1, 0.15) is 0 Å². The maximum atomic E-state index is 11.8. The highest BCUT2D eigenvalue weighted by Gasteiger charge is 2.29. The zero-order valence-electron chi connectivity index (χ0n) is 14.1. The van der Waals surface area contributed by atoms with Crippen LogP contribution in [0.4, 0.5) is 0 Å². The quantitative estimate of drug-likeness (QED) is 0.300. The number of carboxylic acids is 1. The minimum Gasteiger partial charge on any atom is -0.481 e. The first kappa shape index (κ1) is 20.9. The Hall–Kier alpha value is -1.14. The molecule has 0 fully saturated rings. The van der Waals surface area contributed by atoms with E-state index in [1.165, 1.54) is 0 Å². The third kappa shape index (κ3) is 11.5. The molecule has 0 aliphatic heterocycles. The van der Waals surface area contributed by atoms with Gasteiger partial charge < -0.3 is 19.3 Å². The van der Waals surface area contributed by atoms with E-state index in [2.05, 4.69) is 0 Å². The molecule has 22 heavy (non-hydrogen) atoms. The second kappa shape index (κ2) is 12.4.